The second-order valence-electron chi connectivity index (χ2n) is 10.4. The van der Waals surface area contributed by atoms with Crippen LogP contribution in [0.15, 0.2) is 43.1 Å². The van der Waals surface area contributed by atoms with Gasteiger partial charge in [-0.3, -0.25) is 14.6 Å². The van der Waals surface area contributed by atoms with Crippen LogP contribution in [0.3, 0.4) is 0 Å². The number of hydrogen-bond acceptors (Lipinski definition) is 5. The van der Waals surface area contributed by atoms with E-state index in [0.717, 1.165) is 70.5 Å². The molecule has 0 unspecified atom stereocenters. The molecule has 37 heavy (non-hydrogen) atoms. The smallest absolute Gasteiger partial charge is 0.245 e. The molecule has 1 spiro atoms. The van der Waals surface area contributed by atoms with Gasteiger partial charge in [0.1, 0.15) is 5.69 Å². The zero-order valence-corrected chi connectivity index (χ0v) is 21.6. The van der Waals surface area contributed by atoms with Crippen molar-refractivity contribution in [2.75, 3.05) is 18.8 Å². The van der Waals surface area contributed by atoms with Crippen molar-refractivity contribution in [3.8, 4) is 22.4 Å². The second kappa shape index (κ2) is 8.31. The third-order valence-electron chi connectivity index (χ3n) is 8.00. The van der Waals surface area contributed by atoms with Gasteiger partial charge < -0.3 is 16.0 Å². The van der Waals surface area contributed by atoms with Gasteiger partial charge >= 0.3 is 0 Å². The number of carbonyl (C=O) groups is 1. The number of rotatable bonds is 5. The first-order chi connectivity index (χ1) is 17.7. The zero-order valence-electron chi connectivity index (χ0n) is 20.8. The second-order valence-corrected chi connectivity index (χ2v) is 10.8. The molecule has 188 valence electrons. The molecular weight excluding hydrogens is 486 g/mol. The zero-order chi connectivity index (χ0) is 26.1. The summed E-state index contributed by atoms with van der Waals surface area (Å²) in [5.74, 6) is -0.00559. The maximum atomic E-state index is 12.0. The van der Waals surface area contributed by atoms with Gasteiger partial charge in [-0.2, -0.15) is 10.2 Å². The number of nitrogen functional groups attached to an aromatic ring is 1. The molecule has 8 nitrogen and oxygen atoms in total. The van der Waals surface area contributed by atoms with Gasteiger partial charge in [0.05, 0.1) is 22.8 Å². The molecule has 1 saturated heterocycles. The lowest BCUT2D eigenvalue weighted by molar-refractivity contribution is -0.149. The molecule has 1 amide bonds. The molecule has 1 aliphatic carbocycles. The number of nitrogens with two attached hydrogens (primary N) is 1. The van der Waals surface area contributed by atoms with E-state index >= 15 is 0 Å². The standard InChI is InChI=1S/C28H28ClN7O/c1-4-23(37)35-13-28(14-35)9-19(10-28)36-16(3)24(25-20(11-30)21(31)7-15(2)26(25)29)27(34-36)17-5-6-18-12-32-33-22(18)8-17/h4-8,11-12,19,30H,1,9-10,13-14,31H2,2-3H3,(H,32,33). The monoisotopic (exact) mass is 513 g/mol. The van der Waals surface area contributed by atoms with Crippen molar-refractivity contribution in [3.05, 3.63) is 65.0 Å². The van der Waals surface area contributed by atoms with Gasteiger partial charge in [-0.05, 0) is 50.5 Å². The van der Waals surface area contributed by atoms with Gasteiger partial charge in [-0.1, -0.05) is 30.3 Å². The predicted octanol–water partition coefficient (Wildman–Crippen LogP) is 5.29. The number of carbonyl (C=O) groups excluding carboxylic acids is 1. The van der Waals surface area contributed by atoms with E-state index in [2.05, 4.69) is 28.4 Å². The van der Waals surface area contributed by atoms with Crippen molar-refractivity contribution in [2.24, 2.45) is 5.41 Å². The largest absolute Gasteiger partial charge is 0.398 e. The predicted molar refractivity (Wildman–Crippen MR) is 147 cm³/mol. The molecule has 0 atom stereocenters. The number of aromatic nitrogens is 4. The van der Waals surface area contributed by atoms with E-state index in [1.807, 2.05) is 36.1 Å². The topological polar surface area (TPSA) is 117 Å². The molecule has 0 bridgehead atoms. The van der Waals surface area contributed by atoms with Crippen molar-refractivity contribution in [1.29, 1.82) is 5.41 Å². The normalized spacial score (nSPS) is 16.6. The van der Waals surface area contributed by atoms with Gasteiger partial charge in [-0.15, -0.1) is 0 Å². The number of likely N-dealkylation sites (tertiary alicyclic amines) is 1. The number of anilines is 1. The lowest BCUT2D eigenvalue weighted by Crippen LogP contribution is -2.63. The highest BCUT2D eigenvalue weighted by molar-refractivity contribution is 6.35. The Bertz CT molecular complexity index is 1600. The van der Waals surface area contributed by atoms with E-state index in [1.165, 1.54) is 12.3 Å². The van der Waals surface area contributed by atoms with Crippen LogP contribution in [0.2, 0.25) is 5.02 Å². The summed E-state index contributed by atoms with van der Waals surface area (Å²) < 4.78 is 2.10. The Balaban J connectivity index is 1.47. The lowest BCUT2D eigenvalue weighted by Gasteiger charge is -2.58. The molecule has 0 radical (unpaired) electrons. The number of nitrogens with zero attached hydrogens (tertiary/aromatic N) is 4. The molecule has 3 heterocycles. The minimum Gasteiger partial charge on any atom is -0.398 e. The summed E-state index contributed by atoms with van der Waals surface area (Å²) >= 11 is 6.91. The summed E-state index contributed by atoms with van der Waals surface area (Å²) in [7, 11) is 0. The van der Waals surface area contributed by atoms with Gasteiger partial charge in [0.15, 0.2) is 0 Å². The van der Waals surface area contributed by atoms with Crippen molar-refractivity contribution in [2.45, 2.75) is 32.7 Å². The van der Waals surface area contributed by atoms with Crippen LogP contribution < -0.4 is 5.73 Å². The number of H-pyrrole nitrogens is 1. The first-order valence-corrected chi connectivity index (χ1v) is 12.7. The number of nitrogens with one attached hydrogen (secondary N) is 2. The minimum atomic E-state index is -0.00559. The fraction of sp³-hybridized carbons (Fsp3) is 0.286. The highest BCUT2D eigenvalue weighted by Crippen LogP contribution is 2.55. The highest BCUT2D eigenvalue weighted by atomic mass is 35.5. The number of benzene rings is 2. The van der Waals surface area contributed by atoms with Gasteiger partial charge in [0, 0.05) is 63.7 Å². The molecule has 4 N–H and O–H groups in total. The molecule has 1 aliphatic heterocycles. The maximum absolute atomic E-state index is 12.0. The molecular formula is C28H28ClN7O. The van der Waals surface area contributed by atoms with Crippen LogP contribution in [-0.4, -0.2) is 50.1 Å². The Labute approximate surface area is 219 Å². The molecule has 2 aromatic heterocycles. The third-order valence-corrected chi connectivity index (χ3v) is 8.49. The quantitative estimate of drug-likeness (QED) is 0.191. The summed E-state index contributed by atoms with van der Waals surface area (Å²) in [5, 5.41) is 22.1. The Kier molecular flexibility index (Phi) is 5.28. The molecule has 2 fully saturated rings. The van der Waals surface area contributed by atoms with E-state index in [0.29, 0.717) is 16.3 Å². The molecule has 2 aromatic carbocycles. The van der Waals surface area contributed by atoms with E-state index in [9.17, 15) is 4.79 Å². The van der Waals surface area contributed by atoms with Gasteiger partial charge in [-0.25, -0.2) is 0 Å². The summed E-state index contributed by atoms with van der Waals surface area (Å²) in [4.78, 5) is 13.8. The average Bonchev–Trinajstić information content (AvgIpc) is 3.43. The molecule has 4 aromatic rings. The number of aromatic amines is 1. The van der Waals surface area contributed by atoms with Crippen LogP contribution in [0.25, 0.3) is 33.3 Å². The summed E-state index contributed by atoms with van der Waals surface area (Å²) in [5.41, 5.74) is 13.7. The van der Waals surface area contributed by atoms with Crippen LogP contribution in [0.1, 0.15) is 35.7 Å². The van der Waals surface area contributed by atoms with Gasteiger partial charge in [0.25, 0.3) is 0 Å². The summed E-state index contributed by atoms with van der Waals surface area (Å²) in [6.45, 7) is 9.12. The fourth-order valence-corrected chi connectivity index (χ4v) is 6.36. The SMILES string of the molecule is C=CC(=O)N1CC2(CC(n3nc(-c4ccc5cn[nH]c5c4)c(-c4c(Cl)c(C)cc(N)c4C=N)c3C)C2)C1. The average molecular weight is 514 g/mol. The number of halogens is 1. The number of aryl methyl sites for hydroxylation is 1. The molecule has 1 saturated carbocycles. The number of hydrogen-bond donors (Lipinski definition) is 3. The van der Waals surface area contributed by atoms with E-state index < -0.39 is 0 Å². The van der Waals surface area contributed by atoms with Crippen LogP contribution in [-0.2, 0) is 4.79 Å². The van der Waals surface area contributed by atoms with Crippen molar-refractivity contribution in [1.82, 2.24) is 24.9 Å². The first-order valence-electron chi connectivity index (χ1n) is 12.3. The Morgan fingerprint density at radius 2 is 2.03 bits per heavy atom. The van der Waals surface area contributed by atoms with E-state index in [1.54, 1.807) is 6.20 Å². The maximum Gasteiger partial charge on any atom is 0.245 e. The van der Waals surface area contributed by atoms with E-state index in [4.69, 9.17) is 27.8 Å². The number of fused-ring (bicyclic) bond motifs is 1. The van der Waals surface area contributed by atoms with Crippen LogP contribution >= 0.6 is 11.6 Å². The molecule has 9 heteroatoms. The van der Waals surface area contributed by atoms with Crippen molar-refractivity contribution < 1.29 is 4.79 Å². The van der Waals surface area contributed by atoms with E-state index in [-0.39, 0.29) is 17.4 Å². The number of amides is 1. The highest BCUT2D eigenvalue weighted by Gasteiger charge is 2.54. The molecule has 6 rings (SSSR count). The Morgan fingerprint density at radius 1 is 1.27 bits per heavy atom. The lowest BCUT2D eigenvalue weighted by atomic mass is 9.60. The van der Waals surface area contributed by atoms with Gasteiger partial charge in [0.2, 0.25) is 5.91 Å². The van der Waals surface area contributed by atoms with Crippen LogP contribution in [0.4, 0.5) is 5.69 Å². The minimum absolute atomic E-state index is 0.00559. The fourth-order valence-electron chi connectivity index (χ4n) is 6.11. The summed E-state index contributed by atoms with van der Waals surface area (Å²) in [6, 6.07) is 8.13. The summed E-state index contributed by atoms with van der Waals surface area (Å²) in [6.07, 6.45) is 6.36. The van der Waals surface area contributed by atoms with Crippen molar-refractivity contribution >= 4 is 40.3 Å². The molecule has 2 aliphatic rings. The third kappa shape index (κ3) is 3.50. The first kappa shape index (κ1) is 23.5. The van der Waals surface area contributed by atoms with Crippen molar-refractivity contribution in [3.63, 3.8) is 0 Å². The Morgan fingerprint density at radius 3 is 2.73 bits per heavy atom. The Hall–Kier alpha value is -3.91. The van der Waals surface area contributed by atoms with Crippen LogP contribution in [0.5, 0.6) is 0 Å². The van der Waals surface area contributed by atoms with Crippen LogP contribution in [0, 0.1) is 24.7 Å².